The molecule has 1 aromatic carbocycles. The van der Waals surface area contributed by atoms with Gasteiger partial charge in [0, 0.05) is 34.6 Å². The van der Waals surface area contributed by atoms with E-state index in [2.05, 4.69) is 41.2 Å². The summed E-state index contributed by atoms with van der Waals surface area (Å²) >= 11 is 1.67. The molecule has 1 fully saturated rings. The largest absolute Gasteiger partial charge is 0.495 e. The number of aromatic nitrogens is 1. The first-order valence-electron chi connectivity index (χ1n) is 11.9. The maximum absolute atomic E-state index is 13.8. The summed E-state index contributed by atoms with van der Waals surface area (Å²) in [5.41, 5.74) is 5.58. The SMILES string of the molecule is BCC(=O)Nc1cc2c(cc1OC)CCn1c(C(=O)N3CCCC3(C)C)cc(-c3cccs3)c1-2. The molecule has 3 aromatic rings. The van der Waals surface area contributed by atoms with Gasteiger partial charge in [-0.05, 0) is 74.6 Å². The highest BCUT2D eigenvalue weighted by atomic mass is 32.1. The Balaban J connectivity index is 1.69. The zero-order chi connectivity index (χ0) is 24.0. The lowest BCUT2D eigenvalue weighted by atomic mass is 9.94. The highest BCUT2D eigenvalue weighted by Crippen LogP contribution is 2.45. The van der Waals surface area contributed by atoms with Crippen LogP contribution in [0.2, 0.25) is 6.32 Å². The van der Waals surface area contributed by atoms with Crippen molar-refractivity contribution in [2.75, 3.05) is 19.0 Å². The first-order chi connectivity index (χ1) is 16.3. The van der Waals surface area contributed by atoms with Crippen LogP contribution in [0.5, 0.6) is 5.75 Å². The molecule has 6 nitrogen and oxygen atoms in total. The Morgan fingerprint density at radius 3 is 2.68 bits per heavy atom. The lowest BCUT2D eigenvalue weighted by Gasteiger charge is -2.32. The molecule has 0 atom stereocenters. The van der Waals surface area contributed by atoms with Crippen LogP contribution >= 0.6 is 11.3 Å². The molecule has 2 aliphatic rings. The van der Waals surface area contributed by atoms with E-state index in [-0.39, 0.29) is 17.4 Å². The minimum absolute atomic E-state index is 0.0601. The summed E-state index contributed by atoms with van der Waals surface area (Å²) in [6.07, 6.45) is 3.24. The number of nitrogens with one attached hydrogen (secondary N) is 1. The molecule has 2 aliphatic heterocycles. The van der Waals surface area contributed by atoms with Crippen molar-refractivity contribution in [1.82, 2.24) is 9.47 Å². The average molecular weight is 475 g/mol. The number of rotatable bonds is 5. The molecule has 0 radical (unpaired) electrons. The number of likely N-dealkylation sites (tertiary alicyclic amines) is 1. The molecule has 0 unspecified atom stereocenters. The molecule has 0 bridgehead atoms. The van der Waals surface area contributed by atoms with E-state index in [1.54, 1.807) is 18.4 Å². The lowest BCUT2D eigenvalue weighted by Crippen LogP contribution is -2.43. The number of ether oxygens (including phenoxy) is 1. The van der Waals surface area contributed by atoms with Crippen LogP contribution in [0.15, 0.2) is 35.7 Å². The zero-order valence-electron chi connectivity index (χ0n) is 20.2. The number of aryl methyl sites for hydroxylation is 1. The summed E-state index contributed by atoms with van der Waals surface area (Å²) in [6, 6.07) is 10.3. The molecule has 5 rings (SSSR count). The number of benzene rings is 1. The summed E-state index contributed by atoms with van der Waals surface area (Å²) in [7, 11) is 3.46. The van der Waals surface area contributed by atoms with Crippen LogP contribution < -0.4 is 10.1 Å². The molecule has 2 amide bonds. The Hall–Kier alpha value is -3.00. The number of hydrogen-bond donors (Lipinski definition) is 1. The van der Waals surface area contributed by atoms with Crippen LogP contribution in [0.1, 0.15) is 42.7 Å². The van der Waals surface area contributed by atoms with Gasteiger partial charge in [0.1, 0.15) is 19.3 Å². The van der Waals surface area contributed by atoms with E-state index in [0.29, 0.717) is 17.8 Å². The molecule has 34 heavy (non-hydrogen) atoms. The maximum Gasteiger partial charge on any atom is 0.270 e. The molecule has 0 aliphatic carbocycles. The molecule has 2 aromatic heterocycles. The monoisotopic (exact) mass is 475 g/mol. The fraction of sp³-hybridized carbons (Fsp3) is 0.385. The average Bonchev–Trinajstić information content (AvgIpc) is 3.56. The number of carbonyl (C=O) groups is 2. The Bertz CT molecular complexity index is 1260. The fourth-order valence-electron chi connectivity index (χ4n) is 5.28. The van der Waals surface area contributed by atoms with E-state index in [9.17, 15) is 9.59 Å². The van der Waals surface area contributed by atoms with Gasteiger partial charge in [-0.2, -0.15) is 0 Å². The molecular formula is C26H30BN3O3S. The van der Waals surface area contributed by atoms with Crippen molar-refractivity contribution >= 4 is 36.7 Å². The molecule has 176 valence electrons. The summed E-state index contributed by atoms with van der Waals surface area (Å²) in [5.74, 6) is 0.700. The van der Waals surface area contributed by atoms with Crippen LogP contribution in [0.4, 0.5) is 5.69 Å². The quantitative estimate of drug-likeness (QED) is 0.555. The summed E-state index contributed by atoms with van der Waals surface area (Å²) in [5, 5.41) is 5.05. The van der Waals surface area contributed by atoms with Gasteiger partial charge in [0.25, 0.3) is 5.91 Å². The molecule has 1 saturated heterocycles. The summed E-state index contributed by atoms with van der Waals surface area (Å²) in [4.78, 5) is 29.2. The van der Waals surface area contributed by atoms with E-state index in [1.165, 1.54) is 0 Å². The van der Waals surface area contributed by atoms with Gasteiger partial charge >= 0.3 is 0 Å². The predicted octanol–water partition coefficient (Wildman–Crippen LogP) is 4.45. The normalized spacial score (nSPS) is 16.1. The molecular weight excluding hydrogens is 445 g/mol. The van der Waals surface area contributed by atoms with Gasteiger partial charge in [-0.15, -0.1) is 11.3 Å². The van der Waals surface area contributed by atoms with Gasteiger partial charge in [-0.1, -0.05) is 6.07 Å². The van der Waals surface area contributed by atoms with E-state index >= 15 is 0 Å². The third-order valence-corrected chi connectivity index (χ3v) is 8.03. The van der Waals surface area contributed by atoms with Gasteiger partial charge < -0.3 is 19.5 Å². The van der Waals surface area contributed by atoms with E-state index in [0.717, 1.165) is 65.3 Å². The molecule has 0 saturated carbocycles. The second-order valence-corrected chi connectivity index (χ2v) is 10.6. The van der Waals surface area contributed by atoms with E-state index in [4.69, 9.17) is 4.74 Å². The number of nitrogens with zero attached hydrogens (tertiary/aromatic N) is 2. The fourth-order valence-corrected chi connectivity index (χ4v) is 6.02. The van der Waals surface area contributed by atoms with Crippen molar-refractivity contribution in [2.45, 2.75) is 51.5 Å². The second kappa shape index (κ2) is 8.66. The number of anilines is 1. The van der Waals surface area contributed by atoms with Gasteiger partial charge in [-0.3, -0.25) is 9.59 Å². The minimum Gasteiger partial charge on any atom is -0.495 e. The van der Waals surface area contributed by atoms with Crippen molar-refractivity contribution in [3.05, 3.63) is 47.0 Å². The topological polar surface area (TPSA) is 63.6 Å². The van der Waals surface area contributed by atoms with Crippen molar-refractivity contribution in [3.8, 4) is 27.4 Å². The van der Waals surface area contributed by atoms with Crippen molar-refractivity contribution < 1.29 is 14.3 Å². The van der Waals surface area contributed by atoms with E-state index in [1.807, 2.05) is 30.9 Å². The smallest absolute Gasteiger partial charge is 0.270 e. The van der Waals surface area contributed by atoms with Gasteiger partial charge in [0.15, 0.2) is 0 Å². The Morgan fingerprint density at radius 1 is 1.21 bits per heavy atom. The van der Waals surface area contributed by atoms with Crippen molar-refractivity contribution in [2.24, 2.45) is 0 Å². The molecule has 0 spiro atoms. The standard InChI is InChI=1S/C26H30BN3O3S/c1-26(2)8-5-9-30(26)25(32)20-14-18(22-6-4-11-34-22)24-17-13-19(28-23(31)15-27)21(33-3)12-16(17)7-10-29(20)24/h4,6,11-14H,5,7-10,15,27H2,1-3H3,(H,28,31). The van der Waals surface area contributed by atoms with Crippen LogP contribution in [0, 0.1) is 0 Å². The Labute approximate surface area is 205 Å². The van der Waals surface area contributed by atoms with Crippen LogP contribution in [-0.2, 0) is 17.8 Å². The lowest BCUT2D eigenvalue weighted by molar-refractivity contribution is -0.114. The number of thiophene rings is 1. The van der Waals surface area contributed by atoms with Crippen LogP contribution in [0.25, 0.3) is 21.7 Å². The first-order valence-corrected chi connectivity index (χ1v) is 12.8. The number of carbonyl (C=O) groups excluding carboxylic acids is 2. The molecule has 8 heteroatoms. The summed E-state index contributed by atoms with van der Waals surface area (Å²) in [6.45, 7) is 5.83. The van der Waals surface area contributed by atoms with E-state index < -0.39 is 0 Å². The number of hydrogen-bond acceptors (Lipinski definition) is 4. The maximum atomic E-state index is 13.8. The highest BCUT2D eigenvalue weighted by Gasteiger charge is 2.38. The van der Waals surface area contributed by atoms with Gasteiger partial charge in [0.05, 0.1) is 18.5 Å². The third kappa shape index (κ3) is 3.74. The third-order valence-electron chi connectivity index (χ3n) is 7.13. The Morgan fingerprint density at radius 2 is 2.03 bits per heavy atom. The Kier molecular flexibility index (Phi) is 5.80. The molecule has 4 heterocycles. The van der Waals surface area contributed by atoms with Gasteiger partial charge in [-0.25, -0.2) is 0 Å². The minimum atomic E-state index is -0.136. The van der Waals surface area contributed by atoms with Gasteiger partial charge in [0.2, 0.25) is 5.91 Å². The predicted molar refractivity (Wildman–Crippen MR) is 140 cm³/mol. The number of amides is 2. The second-order valence-electron chi connectivity index (χ2n) is 9.65. The zero-order valence-corrected chi connectivity index (χ0v) is 21.1. The van der Waals surface area contributed by atoms with Crippen LogP contribution in [0.3, 0.4) is 0 Å². The number of fused-ring (bicyclic) bond motifs is 3. The number of methoxy groups -OCH3 is 1. The molecule has 1 N–H and O–H groups in total. The first kappa shape index (κ1) is 22.8. The van der Waals surface area contributed by atoms with Crippen LogP contribution in [-0.4, -0.2) is 48.3 Å². The summed E-state index contributed by atoms with van der Waals surface area (Å²) < 4.78 is 7.79. The van der Waals surface area contributed by atoms with Crippen molar-refractivity contribution in [1.29, 1.82) is 0 Å². The highest BCUT2D eigenvalue weighted by molar-refractivity contribution is 7.13. The van der Waals surface area contributed by atoms with Crippen molar-refractivity contribution in [3.63, 3.8) is 0 Å².